The zero-order valence-corrected chi connectivity index (χ0v) is 18.1. The first-order valence-electron chi connectivity index (χ1n) is 10.5. The summed E-state index contributed by atoms with van der Waals surface area (Å²) in [7, 11) is 0. The largest absolute Gasteiger partial charge is 0.478 e. The average molecular weight is 408 g/mol. The number of benzene rings is 2. The molecule has 31 heavy (non-hydrogen) atoms. The standard InChI is InChI=1S/C28H25NO2/c1-4-21-16-19(9-11-24(21)27(30)31)7-8-20-10-12-26-25(17-20)23(13-14-28(26,2)3)22-6-5-15-29-18-22/h5-6,9-13,15-18H,4,14H2,1-3H3,(H,30,31). The number of carboxylic acid groups (broad SMARTS) is 1. The fraction of sp³-hybridized carbons (Fsp3) is 0.214. The Bertz CT molecular complexity index is 1240. The summed E-state index contributed by atoms with van der Waals surface area (Å²) in [4.78, 5) is 15.7. The van der Waals surface area contributed by atoms with Gasteiger partial charge in [0.05, 0.1) is 5.56 Å². The zero-order chi connectivity index (χ0) is 22.0. The lowest BCUT2D eigenvalue weighted by Gasteiger charge is -2.32. The number of aromatic nitrogens is 1. The van der Waals surface area contributed by atoms with Gasteiger partial charge in [0.15, 0.2) is 0 Å². The van der Waals surface area contributed by atoms with E-state index in [-0.39, 0.29) is 5.41 Å². The highest BCUT2D eigenvalue weighted by Crippen LogP contribution is 2.41. The quantitative estimate of drug-likeness (QED) is 0.554. The lowest BCUT2D eigenvalue weighted by molar-refractivity contribution is 0.0695. The van der Waals surface area contributed by atoms with Crippen molar-refractivity contribution < 1.29 is 9.90 Å². The number of aryl methyl sites for hydroxylation is 1. The first-order chi connectivity index (χ1) is 14.9. The van der Waals surface area contributed by atoms with Crippen molar-refractivity contribution in [3.63, 3.8) is 0 Å². The fourth-order valence-corrected chi connectivity index (χ4v) is 4.12. The van der Waals surface area contributed by atoms with Crippen LogP contribution in [0.4, 0.5) is 0 Å². The summed E-state index contributed by atoms with van der Waals surface area (Å²) >= 11 is 0. The monoisotopic (exact) mass is 407 g/mol. The molecule has 0 atom stereocenters. The van der Waals surface area contributed by atoms with Gasteiger partial charge in [-0.3, -0.25) is 4.98 Å². The molecule has 0 fully saturated rings. The van der Waals surface area contributed by atoms with E-state index in [2.05, 4.69) is 61.0 Å². The second-order valence-corrected chi connectivity index (χ2v) is 8.49. The van der Waals surface area contributed by atoms with Gasteiger partial charge in [0.25, 0.3) is 0 Å². The minimum absolute atomic E-state index is 0.0652. The van der Waals surface area contributed by atoms with Crippen LogP contribution in [-0.4, -0.2) is 16.1 Å². The summed E-state index contributed by atoms with van der Waals surface area (Å²) in [5.74, 6) is 5.58. The van der Waals surface area contributed by atoms with E-state index >= 15 is 0 Å². The van der Waals surface area contributed by atoms with Crippen LogP contribution in [0.5, 0.6) is 0 Å². The molecule has 1 aromatic heterocycles. The molecule has 1 aliphatic carbocycles. The normalized spacial score (nSPS) is 14.1. The van der Waals surface area contributed by atoms with Crippen molar-refractivity contribution in [1.29, 1.82) is 0 Å². The van der Waals surface area contributed by atoms with Crippen LogP contribution in [0.15, 0.2) is 67.0 Å². The van der Waals surface area contributed by atoms with E-state index < -0.39 is 5.97 Å². The number of pyridine rings is 1. The van der Waals surface area contributed by atoms with Gasteiger partial charge in [0, 0.05) is 29.1 Å². The summed E-state index contributed by atoms with van der Waals surface area (Å²) in [6.07, 6.45) is 7.63. The Kier molecular flexibility index (Phi) is 5.48. The topological polar surface area (TPSA) is 50.2 Å². The van der Waals surface area contributed by atoms with Crippen molar-refractivity contribution in [2.75, 3.05) is 0 Å². The van der Waals surface area contributed by atoms with E-state index in [1.54, 1.807) is 18.3 Å². The van der Waals surface area contributed by atoms with E-state index in [4.69, 9.17) is 0 Å². The molecule has 4 rings (SSSR count). The molecule has 1 N–H and O–H groups in total. The molecule has 0 saturated heterocycles. The molecule has 1 aliphatic rings. The third-order valence-electron chi connectivity index (χ3n) is 5.90. The number of carboxylic acids is 1. The summed E-state index contributed by atoms with van der Waals surface area (Å²) < 4.78 is 0. The number of nitrogens with zero attached hydrogens (tertiary/aromatic N) is 1. The van der Waals surface area contributed by atoms with E-state index in [0.717, 1.165) is 28.7 Å². The maximum atomic E-state index is 11.4. The van der Waals surface area contributed by atoms with Gasteiger partial charge in [0.2, 0.25) is 0 Å². The summed E-state index contributed by atoms with van der Waals surface area (Å²) in [6.45, 7) is 6.49. The Morgan fingerprint density at radius 2 is 1.84 bits per heavy atom. The number of hydrogen-bond acceptors (Lipinski definition) is 2. The first kappa shape index (κ1) is 20.6. The summed E-state index contributed by atoms with van der Waals surface area (Å²) in [5, 5.41) is 9.32. The SMILES string of the molecule is CCc1cc(C#Cc2ccc3c(c2)C(c2cccnc2)=CCC3(C)C)ccc1C(=O)O. The second-order valence-electron chi connectivity index (χ2n) is 8.49. The molecule has 0 amide bonds. The van der Waals surface area contributed by atoms with Crippen LogP contribution in [0.3, 0.4) is 0 Å². The van der Waals surface area contributed by atoms with Crippen molar-refractivity contribution in [2.45, 2.75) is 39.0 Å². The van der Waals surface area contributed by atoms with Gasteiger partial charge in [-0.25, -0.2) is 4.79 Å². The molecular weight excluding hydrogens is 382 g/mol. The summed E-state index contributed by atoms with van der Waals surface area (Å²) in [6, 6.07) is 15.8. The van der Waals surface area contributed by atoms with Gasteiger partial charge in [-0.2, -0.15) is 0 Å². The number of fused-ring (bicyclic) bond motifs is 1. The van der Waals surface area contributed by atoms with Gasteiger partial charge in [0.1, 0.15) is 0 Å². The van der Waals surface area contributed by atoms with Gasteiger partial charge < -0.3 is 5.11 Å². The van der Waals surface area contributed by atoms with Crippen LogP contribution < -0.4 is 0 Å². The highest BCUT2D eigenvalue weighted by atomic mass is 16.4. The number of carbonyl (C=O) groups is 1. The van der Waals surface area contributed by atoms with Gasteiger partial charge in [-0.05, 0) is 76.9 Å². The molecule has 2 aromatic carbocycles. The van der Waals surface area contributed by atoms with Crippen molar-refractivity contribution in [3.05, 3.63) is 106 Å². The molecular formula is C28H25NO2. The van der Waals surface area contributed by atoms with Crippen molar-refractivity contribution in [2.24, 2.45) is 0 Å². The van der Waals surface area contributed by atoms with Crippen LogP contribution in [0.2, 0.25) is 0 Å². The molecule has 0 aliphatic heterocycles. The Morgan fingerprint density at radius 1 is 1.10 bits per heavy atom. The first-order valence-corrected chi connectivity index (χ1v) is 10.5. The second kappa shape index (κ2) is 8.24. The van der Waals surface area contributed by atoms with Crippen molar-refractivity contribution >= 4 is 11.5 Å². The minimum atomic E-state index is -0.900. The molecule has 3 nitrogen and oxygen atoms in total. The van der Waals surface area contributed by atoms with E-state index in [1.807, 2.05) is 25.3 Å². The van der Waals surface area contributed by atoms with Gasteiger partial charge in [-0.1, -0.05) is 50.8 Å². The average Bonchev–Trinajstić information content (AvgIpc) is 2.78. The predicted molar refractivity (Wildman–Crippen MR) is 124 cm³/mol. The van der Waals surface area contributed by atoms with E-state index in [1.165, 1.54) is 16.7 Å². The Labute approximate surface area is 183 Å². The number of hydrogen-bond donors (Lipinski definition) is 1. The minimum Gasteiger partial charge on any atom is -0.478 e. The third kappa shape index (κ3) is 4.15. The van der Waals surface area contributed by atoms with E-state index in [9.17, 15) is 9.90 Å². The van der Waals surface area contributed by atoms with Gasteiger partial charge >= 0.3 is 5.97 Å². The van der Waals surface area contributed by atoms with E-state index in [0.29, 0.717) is 12.0 Å². The van der Waals surface area contributed by atoms with Crippen LogP contribution in [0.1, 0.15) is 70.9 Å². The molecule has 154 valence electrons. The molecule has 3 aromatic rings. The summed E-state index contributed by atoms with van der Waals surface area (Å²) in [5.41, 5.74) is 7.80. The van der Waals surface area contributed by atoms with Gasteiger partial charge in [-0.15, -0.1) is 0 Å². The smallest absolute Gasteiger partial charge is 0.335 e. The van der Waals surface area contributed by atoms with Crippen LogP contribution >= 0.6 is 0 Å². The lowest BCUT2D eigenvalue weighted by atomic mass is 9.72. The highest BCUT2D eigenvalue weighted by molar-refractivity contribution is 5.89. The van der Waals surface area contributed by atoms with Crippen LogP contribution in [-0.2, 0) is 11.8 Å². The lowest BCUT2D eigenvalue weighted by Crippen LogP contribution is -2.22. The van der Waals surface area contributed by atoms with Crippen LogP contribution in [0, 0.1) is 11.8 Å². The Morgan fingerprint density at radius 3 is 2.52 bits per heavy atom. The van der Waals surface area contributed by atoms with Crippen molar-refractivity contribution in [3.8, 4) is 11.8 Å². The number of allylic oxidation sites excluding steroid dienone is 1. The fourth-order valence-electron chi connectivity index (χ4n) is 4.12. The Balaban J connectivity index is 1.74. The maximum Gasteiger partial charge on any atom is 0.335 e. The zero-order valence-electron chi connectivity index (χ0n) is 18.1. The molecule has 0 spiro atoms. The number of aromatic carboxylic acids is 1. The highest BCUT2D eigenvalue weighted by Gasteiger charge is 2.28. The molecule has 0 bridgehead atoms. The molecule has 3 heteroatoms. The molecule has 0 saturated carbocycles. The molecule has 1 heterocycles. The Hall–Kier alpha value is -3.64. The third-order valence-corrected chi connectivity index (χ3v) is 5.90. The molecule has 0 radical (unpaired) electrons. The predicted octanol–water partition coefficient (Wildman–Crippen LogP) is 5.86. The number of rotatable bonds is 3. The molecule has 0 unspecified atom stereocenters. The van der Waals surface area contributed by atoms with Crippen molar-refractivity contribution in [1.82, 2.24) is 4.98 Å². The maximum absolute atomic E-state index is 11.4. The van der Waals surface area contributed by atoms with Crippen LogP contribution in [0.25, 0.3) is 5.57 Å².